The topological polar surface area (TPSA) is 3.24 Å². The van der Waals surface area contributed by atoms with Crippen molar-refractivity contribution in [3.05, 3.63) is 0 Å². The van der Waals surface area contributed by atoms with E-state index in [9.17, 15) is 0 Å². The highest BCUT2D eigenvalue weighted by atomic mass is 15.1. The molecule has 16 heavy (non-hydrogen) atoms. The second-order valence-electron chi connectivity index (χ2n) is 5.71. The van der Waals surface area contributed by atoms with Crippen molar-refractivity contribution in [1.82, 2.24) is 4.90 Å². The van der Waals surface area contributed by atoms with Crippen LogP contribution in [0, 0.1) is 11.8 Å². The molecule has 1 aliphatic rings. The number of rotatable bonds is 8. The fraction of sp³-hybridized carbons (Fsp3) is 1.00. The zero-order chi connectivity index (χ0) is 11.8. The number of hydrogen-bond acceptors (Lipinski definition) is 1. The van der Waals surface area contributed by atoms with E-state index in [0.29, 0.717) is 0 Å². The van der Waals surface area contributed by atoms with Gasteiger partial charge in [0.2, 0.25) is 0 Å². The van der Waals surface area contributed by atoms with Gasteiger partial charge < -0.3 is 4.90 Å². The third-order valence-electron chi connectivity index (χ3n) is 4.18. The van der Waals surface area contributed by atoms with E-state index in [1.54, 1.807) is 0 Å². The molecular weight excluding hydrogens is 194 g/mol. The Morgan fingerprint density at radius 1 is 1.06 bits per heavy atom. The molecule has 0 aromatic heterocycles. The van der Waals surface area contributed by atoms with Crippen LogP contribution in [0.1, 0.15) is 65.2 Å². The second kappa shape index (κ2) is 8.11. The lowest BCUT2D eigenvalue weighted by molar-refractivity contribution is 0.279. The Kier molecular flexibility index (Phi) is 7.11. The zero-order valence-corrected chi connectivity index (χ0v) is 11.7. The van der Waals surface area contributed by atoms with Gasteiger partial charge in [0.25, 0.3) is 0 Å². The molecule has 0 amide bonds. The van der Waals surface area contributed by atoms with Gasteiger partial charge in [-0.15, -0.1) is 0 Å². The van der Waals surface area contributed by atoms with E-state index in [2.05, 4.69) is 25.8 Å². The maximum Gasteiger partial charge on any atom is 0.000973 e. The minimum absolute atomic E-state index is 1.01. The SMILES string of the molecule is CCCCCCC(CCC)C1CCN(C)C1. The first-order chi connectivity index (χ1) is 7.77. The van der Waals surface area contributed by atoms with Crippen molar-refractivity contribution >= 4 is 0 Å². The van der Waals surface area contributed by atoms with Crippen LogP contribution in [0.3, 0.4) is 0 Å². The first-order valence-corrected chi connectivity index (χ1v) is 7.46. The van der Waals surface area contributed by atoms with Gasteiger partial charge in [-0.25, -0.2) is 0 Å². The molecule has 0 spiro atoms. The summed E-state index contributed by atoms with van der Waals surface area (Å²) in [6.07, 6.45) is 11.5. The van der Waals surface area contributed by atoms with E-state index >= 15 is 0 Å². The highest BCUT2D eigenvalue weighted by Crippen LogP contribution is 2.30. The standard InChI is InChI=1S/C15H31N/c1-4-6-7-8-10-14(9-5-2)15-11-12-16(3)13-15/h14-15H,4-13H2,1-3H3. The van der Waals surface area contributed by atoms with E-state index in [-0.39, 0.29) is 0 Å². The molecule has 96 valence electrons. The Morgan fingerprint density at radius 2 is 1.88 bits per heavy atom. The highest BCUT2D eigenvalue weighted by molar-refractivity contribution is 4.79. The summed E-state index contributed by atoms with van der Waals surface area (Å²) in [5.41, 5.74) is 0. The van der Waals surface area contributed by atoms with Gasteiger partial charge in [0, 0.05) is 6.54 Å². The second-order valence-corrected chi connectivity index (χ2v) is 5.71. The Morgan fingerprint density at radius 3 is 2.44 bits per heavy atom. The van der Waals surface area contributed by atoms with Crippen LogP contribution in [-0.2, 0) is 0 Å². The predicted octanol–water partition coefficient (Wildman–Crippen LogP) is 4.32. The molecule has 1 nitrogen and oxygen atoms in total. The minimum Gasteiger partial charge on any atom is -0.306 e. The molecule has 1 fully saturated rings. The Hall–Kier alpha value is -0.0400. The van der Waals surface area contributed by atoms with E-state index in [0.717, 1.165) is 11.8 Å². The lowest BCUT2D eigenvalue weighted by Crippen LogP contribution is -2.19. The van der Waals surface area contributed by atoms with Gasteiger partial charge in [-0.2, -0.15) is 0 Å². The van der Waals surface area contributed by atoms with Crippen molar-refractivity contribution < 1.29 is 0 Å². The summed E-state index contributed by atoms with van der Waals surface area (Å²) < 4.78 is 0. The maximum atomic E-state index is 2.51. The van der Waals surface area contributed by atoms with Gasteiger partial charge in [-0.05, 0) is 31.8 Å². The van der Waals surface area contributed by atoms with E-state index < -0.39 is 0 Å². The molecule has 1 saturated heterocycles. The lowest BCUT2D eigenvalue weighted by Gasteiger charge is -2.23. The summed E-state index contributed by atoms with van der Waals surface area (Å²) in [5.74, 6) is 2.03. The zero-order valence-electron chi connectivity index (χ0n) is 11.7. The van der Waals surface area contributed by atoms with E-state index in [1.807, 2.05) is 0 Å². The van der Waals surface area contributed by atoms with E-state index in [4.69, 9.17) is 0 Å². The minimum atomic E-state index is 1.01. The Balaban J connectivity index is 2.23. The average Bonchev–Trinajstić information content (AvgIpc) is 2.69. The van der Waals surface area contributed by atoms with Crippen molar-refractivity contribution in [3.8, 4) is 0 Å². The molecule has 2 unspecified atom stereocenters. The van der Waals surface area contributed by atoms with Crippen LogP contribution in [0.5, 0.6) is 0 Å². The molecule has 1 rings (SSSR count). The van der Waals surface area contributed by atoms with Gasteiger partial charge in [-0.1, -0.05) is 58.8 Å². The fourth-order valence-electron chi connectivity index (χ4n) is 3.17. The molecule has 1 heterocycles. The quantitative estimate of drug-likeness (QED) is 0.556. The third-order valence-corrected chi connectivity index (χ3v) is 4.18. The van der Waals surface area contributed by atoms with Crippen molar-refractivity contribution in [1.29, 1.82) is 0 Å². The molecule has 0 bridgehead atoms. The molecule has 0 aromatic carbocycles. The third kappa shape index (κ3) is 4.86. The van der Waals surface area contributed by atoms with Crippen LogP contribution in [0.2, 0.25) is 0 Å². The van der Waals surface area contributed by atoms with Crippen molar-refractivity contribution in [2.75, 3.05) is 20.1 Å². The lowest BCUT2D eigenvalue weighted by atomic mass is 9.84. The largest absolute Gasteiger partial charge is 0.306 e. The average molecular weight is 225 g/mol. The van der Waals surface area contributed by atoms with Gasteiger partial charge in [0.15, 0.2) is 0 Å². The normalized spacial score (nSPS) is 23.8. The van der Waals surface area contributed by atoms with Crippen LogP contribution in [-0.4, -0.2) is 25.0 Å². The fourth-order valence-corrected chi connectivity index (χ4v) is 3.17. The Bertz CT molecular complexity index is 167. The summed E-state index contributed by atoms with van der Waals surface area (Å²) in [5, 5.41) is 0. The summed E-state index contributed by atoms with van der Waals surface area (Å²) in [7, 11) is 2.28. The van der Waals surface area contributed by atoms with Gasteiger partial charge in [0.05, 0.1) is 0 Å². The van der Waals surface area contributed by atoms with Gasteiger partial charge in [0.1, 0.15) is 0 Å². The molecule has 0 aliphatic carbocycles. The predicted molar refractivity (Wildman–Crippen MR) is 72.8 cm³/mol. The molecule has 0 aromatic rings. The molecular formula is C15H31N. The molecule has 1 aliphatic heterocycles. The summed E-state index contributed by atoms with van der Waals surface area (Å²) in [4.78, 5) is 2.51. The monoisotopic (exact) mass is 225 g/mol. The van der Waals surface area contributed by atoms with Gasteiger partial charge in [-0.3, -0.25) is 0 Å². The maximum absolute atomic E-state index is 2.51. The number of unbranched alkanes of at least 4 members (excludes halogenated alkanes) is 3. The first kappa shape index (κ1) is 14.0. The number of likely N-dealkylation sites (tertiary alicyclic amines) is 1. The van der Waals surface area contributed by atoms with Crippen LogP contribution in [0.15, 0.2) is 0 Å². The molecule has 0 N–H and O–H groups in total. The summed E-state index contributed by atoms with van der Waals surface area (Å²) in [6, 6.07) is 0. The van der Waals surface area contributed by atoms with Crippen molar-refractivity contribution in [2.24, 2.45) is 11.8 Å². The molecule has 0 radical (unpaired) electrons. The van der Waals surface area contributed by atoms with Gasteiger partial charge >= 0.3 is 0 Å². The molecule has 0 saturated carbocycles. The van der Waals surface area contributed by atoms with Crippen LogP contribution < -0.4 is 0 Å². The smallest absolute Gasteiger partial charge is 0.000973 e. The van der Waals surface area contributed by atoms with Crippen molar-refractivity contribution in [2.45, 2.75) is 65.2 Å². The first-order valence-electron chi connectivity index (χ1n) is 7.46. The highest BCUT2D eigenvalue weighted by Gasteiger charge is 2.26. The van der Waals surface area contributed by atoms with Crippen LogP contribution >= 0.6 is 0 Å². The Labute approximate surface area is 103 Å². The summed E-state index contributed by atoms with van der Waals surface area (Å²) in [6.45, 7) is 7.34. The van der Waals surface area contributed by atoms with Crippen LogP contribution in [0.4, 0.5) is 0 Å². The summed E-state index contributed by atoms with van der Waals surface area (Å²) >= 11 is 0. The molecule has 1 heteroatoms. The van der Waals surface area contributed by atoms with Crippen molar-refractivity contribution in [3.63, 3.8) is 0 Å². The van der Waals surface area contributed by atoms with Crippen LogP contribution in [0.25, 0.3) is 0 Å². The molecule has 2 atom stereocenters. The number of hydrogen-bond donors (Lipinski definition) is 0. The number of nitrogens with zero attached hydrogens (tertiary/aromatic N) is 1. The van der Waals surface area contributed by atoms with E-state index in [1.165, 1.54) is 64.5 Å².